The maximum atomic E-state index is 10.1. The largest absolute Gasteiger partial charge is 0.465 e. The molecule has 1 rings (SSSR count). The first-order valence-corrected chi connectivity index (χ1v) is 4.05. The van der Waals surface area contributed by atoms with E-state index in [9.17, 15) is 9.90 Å². The quantitative estimate of drug-likeness (QED) is 0.443. The Kier molecular flexibility index (Phi) is 3.31. The molecule has 0 saturated carbocycles. The summed E-state index contributed by atoms with van der Waals surface area (Å²) in [6, 6.07) is 0. The van der Waals surface area contributed by atoms with Gasteiger partial charge in [-0.3, -0.25) is 0 Å². The predicted octanol–water partition coefficient (Wildman–Crippen LogP) is -0.776. The summed E-state index contributed by atoms with van der Waals surface area (Å²) < 4.78 is 0. The molecule has 1 fully saturated rings. The number of carboxylic acid groups (broad SMARTS) is 1. The van der Waals surface area contributed by atoms with Crippen molar-refractivity contribution in [3.05, 3.63) is 0 Å². The number of hydrogen-bond donors (Lipinski definition) is 4. The van der Waals surface area contributed by atoms with Crippen LogP contribution in [0.3, 0.4) is 0 Å². The lowest BCUT2D eigenvalue weighted by Gasteiger charge is -2.27. The molecular formula is C7H14N2O3. The first-order valence-electron chi connectivity index (χ1n) is 4.05. The summed E-state index contributed by atoms with van der Waals surface area (Å²) >= 11 is 0. The van der Waals surface area contributed by atoms with Crippen molar-refractivity contribution in [2.75, 3.05) is 19.6 Å². The van der Waals surface area contributed by atoms with E-state index < -0.39 is 12.2 Å². The van der Waals surface area contributed by atoms with Crippen LogP contribution in [0.25, 0.3) is 0 Å². The molecule has 0 aromatic carbocycles. The molecule has 5 nitrogen and oxygen atoms in total. The number of nitrogens with one attached hydrogen (secondary N) is 2. The highest BCUT2D eigenvalue weighted by Gasteiger charge is 2.22. The van der Waals surface area contributed by atoms with Crippen molar-refractivity contribution in [1.82, 2.24) is 10.6 Å². The van der Waals surface area contributed by atoms with E-state index in [0.717, 1.165) is 13.0 Å². The molecule has 5 heteroatoms. The Morgan fingerprint density at radius 1 is 1.67 bits per heavy atom. The van der Waals surface area contributed by atoms with E-state index in [-0.39, 0.29) is 5.92 Å². The molecule has 70 valence electrons. The zero-order chi connectivity index (χ0) is 8.97. The van der Waals surface area contributed by atoms with E-state index in [2.05, 4.69) is 10.6 Å². The van der Waals surface area contributed by atoms with Gasteiger partial charge in [0.1, 0.15) is 0 Å². The van der Waals surface area contributed by atoms with Crippen LogP contribution >= 0.6 is 0 Å². The van der Waals surface area contributed by atoms with Crippen LogP contribution in [0.5, 0.6) is 0 Å². The molecule has 2 atom stereocenters. The second-order valence-electron chi connectivity index (χ2n) is 3.01. The summed E-state index contributed by atoms with van der Waals surface area (Å²) in [5.41, 5.74) is 0. The Labute approximate surface area is 70.8 Å². The first-order chi connectivity index (χ1) is 5.70. The summed E-state index contributed by atoms with van der Waals surface area (Å²) in [7, 11) is 0. The Bertz CT molecular complexity index is 163. The SMILES string of the molecule is O=C(O)NC[C@H]1CCNC[C@@H]1O. The van der Waals surface area contributed by atoms with Crippen molar-refractivity contribution in [3.63, 3.8) is 0 Å². The van der Waals surface area contributed by atoms with Gasteiger partial charge in [-0.2, -0.15) is 0 Å². The minimum Gasteiger partial charge on any atom is -0.465 e. The molecular weight excluding hydrogens is 160 g/mol. The Hall–Kier alpha value is -0.810. The standard InChI is InChI=1S/C7H14N2O3/c10-6-4-8-2-1-5(6)3-9-7(11)12/h5-6,8-10H,1-4H2,(H,11,12)/t5-,6+/m1/s1. The fourth-order valence-electron chi connectivity index (χ4n) is 1.35. The van der Waals surface area contributed by atoms with Gasteiger partial charge in [0.15, 0.2) is 0 Å². The van der Waals surface area contributed by atoms with E-state index in [1.165, 1.54) is 0 Å². The maximum Gasteiger partial charge on any atom is 0.404 e. The summed E-state index contributed by atoms with van der Waals surface area (Å²) in [4.78, 5) is 10.1. The monoisotopic (exact) mass is 174 g/mol. The number of β-amino-alcohol motifs (C(OH)–C–C–N with tert-alkyl or cyclic N) is 1. The highest BCUT2D eigenvalue weighted by Crippen LogP contribution is 2.10. The molecule has 0 unspecified atom stereocenters. The second-order valence-corrected chi connectivity index (χ2v) is 3.01. The summed E-state index contributed by atoms with van der Waals surface area (Å²) in [6.45, 7) is 1.76. The zero-order valence-corrected chi connectivity index (χ0v) is 6.79. The molecule has 1 heterocycles. The molecule has 1 aliphatic heterocycles. The van der Waals surface area contributed by atoms with Gasteiger partial charge in [-0.15, -0.1) is 0 Å². The smallest absolute Gasteiger partial charge is 0.404 e. The van der Waals surface area contributed by atoms with Crippen LogP contribution < -0.4 is 10.6 Å². The zero-order valence-electron chi connectivity index (χ0n) is 6.79. The summed E-state index contributed by atoms with van der Waals surface area (Å²) in [5.74, 6) is 0.0577. The van der Waals surface area contributed by atoms with E-state index in [4.69, 9.17) is 5.11 Å². The molecule has 1 saturated heterocycles. The highest BCUT2D eigenvalue weighted by atomic mass is 16.4. The van der Waals surface area contributed by atoms with Crippen LogP contribution in [0.4, 0.5) is 4.79 Å². The lowest BCUT2D eigenvalue weighted by molar-refractivity contribution is 0.0811. The van der Waals surface area contributed by atoms with Crippen LogP contribution in [-0.2, 0) is 0 Å². The van der Waals surface area contributed by atoms with Gasteiger partial charge in [0.05, 0.1) is 6.10 Å². The van der Waals surface area contributed by atoms with Crippen molar-refractivity contribution < 1.29 is 15.0 Å². The van der Waals surface area contributed by atoms with Crippen molar-refractivity contribution >= 4 is 6.09 Å². The van der Waals surface area contributed by atoms with Crippen molar-refractivity contribution in [2.24, 2.45) is 5.92 Å². The number of rotatable bonds is 2. The molecule has 1 amide bonds. The van der Waals surface area contributed by atoms with Gasteiger partial charge < -0.3 is 20.8 Å². The normalized spacial score (nSPS) is 29.8. The maximum absolute atomic E-state index is 10.1. The molecule has 4 N–H and O–H groups in total. The van der Waals surface area contributed by atoms with Crippen LogP contribution in [0.15, 0.2) is 0 Å². The second kappa shape index (κ2) is 4.27. The lowest BCUT2D eigenvalue weighted by Crippen LogP contribution is -2.45. The van der Waals surface area contributed by atoms with Gasteiger partial charge in [-0.25, -0.2) is 4.79 Å². The van der Waals surface area contributed by atoms with Gasteiger partial charge in [-0.1, -0.05) is 0 Å². The highest BCUT2D eigenvalue weighted by molar-refractivity contribution is 5.64. The van der Waals surface area contributed by atoms with E-state index in [0.29, 0.717) is 13.1 Å². The van der Waals surface area contributed by atoms with Crippen LogP contribution in [-0.4, -0.2) is 42.0 Å². The topological polar surface area (TPSA) is 81.6 Å². The molecule has 0 radical (unpaired) electrons. The van der Waals surface area contributed by atoms with E-state index >= 15 is 0 Å². The van der Waals surface area contributed by atoms with Gasteiger partial charge in [0.25, 0.3) is 0 Å². The summed E-state index contributed by atoms with van der Waals surface area (Å²) in [5, 5.41) is 23.0. The predicted molar refractivity (Wildman–Crippen MR) is 43.0 cm³/mol. The number of aliphatic hydroxyl groups is 1. The molecule has 0 bridgehead atoms. The third kappa shape index (κ3) is 2.67. The molecule has 0 aromatic rings. The van der Waals surface area contributed by atoms with Crippen LogP contribution in [0.1, 0.15) is 6.42 Å². The van der Waals surface area contributed by atoms with Crippen molar-refractivity contribution in [1.29, 1.82) is 0 Å². The minimum atomic E-state index is -1.03. The van der Waals surface area contributed by atoms with E-state index in [1.807, 2.05) is 0 Å². The number of aliphatic hydroxyl groups excluding tert-OH is 1. The number of hydrogen-bond acceptors (Lipinski definition) is 3. The summed E-state index contributed by atoms with van der Waals surface area (Å²) in [6.07, 6.45) is -0.632. The van der Waals surface area contributed by atoms with Crippen molar-refractivity contribution in [2.45, 2.75) is 12.5 Å². The fourth-order valence-corrected chi connectivity index (χ4v) is 1.35. The average Bonchev–Trinajstić information content (AvgIpc) is 2.03. The van der Waals surface area contributed by atoms with Gasteiger partial charge in [0.2, 0.25) is 0 Å². The van der Waals surface area contributed by atoms with Crippen molar-refractivity contribution in [3.8, 4) is 0 Å². The molecule has 1 aliphatic rings. The van der Waals surface area contributed by atoms with Gasteiger partial charge in [-0.05, 0) is 13.0 Å². The fraction of sp³-hybridized carbons (Fsp3) is 0.857. The van der Waals surface area contributed by atoms with Crippen LogP contribution in [0.2, 0.25) is 0 Å². The minimum absolute atomic E-state index is 0.0577. The van der Waals surface area contributed by atoms with Gasteiger partial charge >= 0.3 is 6.09 Å². The molecule has 12 heavy (non-hydrogen) atoms. The Balaban J connectivity index is 2.24. The number of amides is 1. The Morgan fingerprint density at radius 2 is 2.42 bits per heavy atom. The Morgan fingerprint density at radius 3 is 3.00 bits per heavy atom. The number of carbonyl (C=O) groups is 1. The van der Waals surface area contributed by atoms with Gasteiger partial charge in [0, 0.05) is 19.0 Å². The third-order valence-corrected chi connectivity index (χ3v) is 2.11. The molecule has 0 aliphatic carbocycles. The third-order valence-electron chi connectivity index (χ3n) is 2.11. The number of piperidine rings is 1. The lowest BCUT2D eigenvalue weighted by atomic mass is 9.95. The molecule has 0 spiro atoms. The average molecular weight is 174 g/mol. The molecule has 0 aromatic heterocycles. The first kappa shape index (κ1) is 9.28. The van der Waals surface area contributed by atoms with Crippen LogP contribution in [0, 0.1) is 5.92 Å². The van der Waals surface area contributed by atoms with E-state index in [1.54, 1.807) is 0 Å².